The van der Waals surface area contributed by atoms with E-state index in [1.165, 1.54) is 6.07 Å². The minimum absolute atomic E-state index is 0.0457. The minimum atomic E-state index is -0.646. The van der Waals surface area contributed by atoms with Crippen molar-refractivity contribution < 1.29 is 4.39 Å². The minimum Gasteiger partial charge on any atom is -0.204 e. The first-order chi connectivity index (χ1) is 6.07. The molecule has 1 aromatic rings. The largest absolute Gasteiger partial charge is 0.204 e. The third-order valence-electron chi connectivity index (χ3n) is 1.23. The average Bonchev–Trinajstić information content (AvgIpc) is 2.09. The Morgan fingerprint density at radius 3 is 2.69 bits per heavy atom. The fourth-order valence-electron chi connectivity index (χ4n) is 0.693. The summed E-state index contributed by atoms with van der Waals surface area (Å²) in [5, 5.41) is 3.25. The molecule has 0 aliphatic carbocycles. The number of rotatable bonds is 1. The smallest absolute Gasteiger partial charge is 0.156 e. The highest BCUT2D eigenvalue weighted by molar-refractivity contribution is 9.11. The predicted octanol–water partition coefficient (Wildman–Crippen LogP) is 4.95. The molecule has 0 amide bonds. The van der Waals surface area contributed by atoms with E-state index in [9.17, 15) is 4.39 Å². The summed E-state index contributed by atoms with van der Waals surface area (Å²) in [6.45, 7) is 0. The summed E-state index contributed by atoms with van der Waals surface area (Å²) in [4.78, 5) is 2.55. The van der Waals surface area contributed by atoms with Crippen LogP contribution in [-0.4, -0.2) is 0 Å². The first-order valence-electron chi connectivity index (χ1n) is 2.96. The predicted molar refractivity (Wildman–Crippen MR) is 55.6 cm³/mol. The van der Waals surface area contributed by atoms with Crippen molar-refractivity contribution in [3.8, 4) is 0 Å². The summed E-state index contributed by atoms with van der Waals surface area (Å²) in [5.41, 5.74) is 8.33. The zero-order valence-electron chi connectivity index (χ0n) is 5.93. The lowest BCUT2D eigenvalue weighted by molar-refractivity contribution is 0.621. The monoisotopic (exact) mass is 327 g/mol. The maximum absolute atomic E-state index is 13.1. The Kier molecular flexibility index (Phi) is 3.55. The lowest BCUT2D eigenvalue weighted by Gasteiger charge is -2.03. The van der Waals surface area contributed by atoms with E-state index in [2.05, 4.69) is 41.9 Å². The second-order valence-corrected chi connectivity index (χ2v) is 4.06. The molecular weight excluding hydrogens is 328 g/mol. The zero-order chi connectivity index (χ0) is 10.0. The molecule has 0 saturated carbocycles. The SMILES string of the molecule is [N-]=[N+]=Nc1c(Br)cc(Cl)c(F)c1Br. The van der Waals surface area contributed by atoms with Gasteiger partial charge in [-0.2, -0.15) is 0 Å². The fraction of sp³-hybridized carbons (Fsp3) is 0. The molecule has 0 saturated heterocycles. The Labute approximate surface area is 94.8 Å². The number of benzene rings is 1. The molecule has 0 bridgehead atoms. The average molecular weight is 329 g/mol. The quantitative estimate of drug-likeness (QED) is 0.230. The number of halogens is 4. The van der Waals surface area contributed by atoms with Crippen LogP contribution in [0.2, 0.25) is 5.02 Å². The molecule has 0 radical (unpaired) electrons. The normalized spacial score (nSPS) is 9.54. The van der Waals surface area contributed by atoms with Crippen LogP contribution in [0, 0.1) is 5.82 Å². The molecule has 68 valence electrons. The van der Waals surface area contributed by atoms with E-state index in [0.29, 0.717) is 4.47 Å². The van der Waals surface area contributed by atoms with Gasteiger partial charge in [-0.05, 0) is 27.5 Å². The van der Waals surface area contributed by atoms with Crippen molar-refractivity contribution in [2.75, 3.05) is 0 Å². The molecule has 3 nitrogen and oxygen atoms in total. The van der Waals surface area contributed by atoms with Crippen LogP contribution in [0.1, 0.15) is 0 Å². The number of azide groups is 1. The van der Waals surface area contributed by atoms with E-state index in [1.807, 2.05) is 0 Å². The Balaban J connectivity index is 3.52. The Bertz CT molecular complexity index is 403. The third kappa shape index (κ3) is 2.14. The van der Waals surface area contributed by atoms with E-state index in [1.54, 1.807) is 0 Å². The molecule has 0 N–H and O–H groups in total. The molecule has 0 unspecified atom stereocenters. The van der Waals surface area contributed by atoms with Crippen molar-refractivity contribution in [1.82, 2.24) is 0 Å². The standard InChI is InChI=1S/C6HBr2ClFN3/c7-2-1-3(9)5(10)4(8)6(2)12-13-11/h1H. The van der Waals surface area contributed by atoms with Crippen LogP contribution in [0.25, 0.3) is 10.4 Å². The van der Waals surface area contributed by atoms with Crippen LogP contribution in [0.15, 0.2) is 20.1 Å². The van der Waals surface area contributed by atoms with Crippen LogP contribution >= 0.6 is 43.5 Å². The molecule has 0 aliphatic heterocycles. The maximum atomic E-state index is 13.1. The van der Waals surface area contributed by atoms with E-state index >= 15 is 0 Å². The highest BCUT2D eigenvalue weighted by Crippen LogP contribution is 2.39. The Hall–Kier alpha value is -0.290. The van der Waals surface area contributed by atoms with E-state index in [-0.39, 0.29) is 15.2 Å². The Morgan fingerprint density at radius 1 is 1.54 bits per heavy atom. The second kappa shape index (κ2) is 4.28. The van der Waals surface area contributed by atoms with Gasteiger partial charge in [-0.15, -0.1) is 0 Å². The van der Waals surface area contributed by atoms with E-state index < -0.39 is 5.82 Å². The maximum Gasteiger partial charge on any atom is 0.156 e. The van der Waals surface area contributed by atoms with Gasteiger partial charge in [0.15, 0.2) is 5.82 Å². The summed E-state index contributed by atoms with van der Waals surface area (Å²) in [7, 11) is 0. The van der Waals surface area contributed by atoms with Crippen molar-refractivity contribution in [2.24, 2.45) is 5.11 Å². The summed E-state index contributed by atoms with van der Waals surface area (Å²) >= 11 is 11.5. The molecule has 0 fully saturated rings. The second-order valence-electron chi connectivity index (χ2n) is 2.01. The summed E-state index contributed by atoms with van der Waals surface area (Å²) in [6, 6.07) is 1.33. The van der Waals surface area contributed by atoms with Crippen molar-refractivity contribution in [1.29, 1.82) is 0 Å². The van der Waals surface area contributed by atoms with Gasteiger partial charge in [0, 0.05) is 9.38 Å². The number of hydrogen-bond acceptors (Lipinski definition) is 1. The van der Waals surface area contributed by atoms with Crippen LogP contribution in [0.4, 0.5) is 10.1 Å². The zero-order valence-corrected chi connectivity index (χ0v) is 9.86. The van der Waals surface area contributed by atoms with Crippen molar-refractivity contribution >= 4 is 49.1 Å². The van der Waals surface area contributed by atoms with Crippen molar-refractivity contribution in [2.45, 2.75) is 0 Å². The van der Waals surface area contributed by atoms with Crippen LogP contribution in [0.5, 0.6) is 0 Å². The molecule has 0 atom stereocenters. The number of nitrogens with zero attached hydrogens (tertiary/aromatic N) is 3. The van der Waals surface area contributed by atoms with Gasteiger partial charge in [-0.25, -0.2) is 4.39 Å². The van der Waals surface area contributed by atoms with Gasteiger partial charge in [0.1, 0.15) is 0 Å². The van der Waals surface area contributed by atoms with Gasteiger partial charge >= 0.3 is 0 Å². The van der Waals surface area contributed by atoms with Gasteiger partial charge in [-0.1, -0.05) is 32.6 Å². The Morgan fingerprint density at radius 2 is 2.15 bits per heavy atom. The van der Waals surface area contributed by atoms with Gasteiger partial charge in [0.05, 0.1) is 15.2 Å². The molecule has 0 aliphatic rings. The highest BCUT2D eigenvalue weighted by Gasteiger charge is 2.12. The molecule has 0 aromatic heterocycles. The molecule has 0 heterocycles. The highest BCUT2D eigenvalue weighted by atomic mass is 79.9. The first-order valence-corrected chi connectivity index (χ1v) is 4.92. The van der Waals surface area contributed by atoms with Crippen molar-refractivity contribution in [3.63, 3.8) is 0 Å². The topological polar surface area (TPSA) is 48.8 Å². The van der Waals surface area contributed by atoms with Crippen LogP contribution in [0.3, 0.4) is 0 Å². The lowest BCUT2D eigenvalue weighted by Crippen LogP contribution is -1.81. The first kappa shape index (κ1) is 10.8. The van der Waals surface area contributed by atoms with E-state index in [4.69, 9.17) is 17.1 Å². The molecular formula is C6HBr2ClFN3. The summed E-state index contributed by atoms with van der Waals surface area (Å²) in [5.74, 6) is -0.646. The van der Waals surface area contributed by atoms with Gasteiger partial charge < -0.3 is 0 Å². The molecule has 7 heteroatoms. The molecule has 13 heavy (non-hydrogen) atoms. The molecule has 0 spiro atoms. The summed E-state index contributed by atoms with van der Waals surface area (Å²) in [6.07, 6.45) is 0. The molecule has 1 rings (SSSR count). The van der Waals surface area contributed by atoms with E-state index in [0.717, 1.165) is 0 Å². The summed E-state index contributed by atoms with van der Waals surface area (Å²) < 4.78 is 13.6. The van der Waals surface area contributed by atoms with Gasteiger partial charge in [0.25, 0.3) is 0 Å². The van der Waals surface area contributed by atoms with Crippen LogP contribution in [-0.2, 0) is 0 Å². The van der Waals surface area contributed by atoms with Crippen molar-refractivity contribution in [3.05, 3.63) is 36.3 Å². The fourth-order valence-corrected chi connectivity index (χ4v) is 2.42. The van der Waals surface area contributed by atoms with Gasteiger partial charge in [-0.3, -0.25) is 0 Å². The van der Waals surface area contributed by atoms with Gasteiger partial charge in [0.2, 0.25) is 0 Å². The number of hydrogen-bond donors (Lipinski definition) is 0. The van der Waals surface area contributed by atoms with Crippen LogP contribution < -0.4 is 0 Å². The lowest BCUT2D eigenvalue weighted by atomic mass is 10.3. The molecule has 1 aromatic carbocycles. The third-order valence-corrected chi connectivity index (χ3v) is 2.84.